The lowest BCUT2D eigenvalue weighted by molar-refractivity contribution is -0.116. The van der Waals surface area contributed by atoms with Crippen molar-refractivity contribution >= 4 is 23.4 Å². The van der Waals surface area contributed by atoms with Crippen LogP contribution in [0.4, 0.5) is 16.3 Å². The number of nitriles is 1. The van der Waals surface area contributed by atoms with Crippen LogP contribution in [-0.4, -0.2) is 39.7 Å². The third-order valence-electron chi connectivity index (χ3n) is 6.11. The van der Waals surface area contributed by atoms with Gasteiger partial charge in [-0.1, -0.05) is 67.9 Å². The highest BCUT2D eigenvalue weighted by Crippen LogP contribution is 2.33. The van der Waals surface area contributed by atoms with Crippen molar-refractivity contribution in [3.8, 4) is 22.9 Å². The van der Waals surface area contributed by atoms with E-state index in [2.05, 4.69) is 16.7 Å². The van der Waals surface area contributed by atoms with Crippen LogP contribution in [0.2, 0.25) is 0 Å². The molecule has 4 aromatic rings. The molecule has 0 aliphatic rings. The molecule has 0 aliphatic carbocycles. The third kappa shape index (κ3) is 6.70. The fourth-order valence-electron chi connectivity index (χ4n) is 4.34. The molecule has 1 aromatic heterocycles. The van der Waals surface area contributed by atoms with Crippen LogP contribution in [0.1, 0.15) is 30.7 Å². The molecule has 0 atom stereocenters. The van der Waals surface area contributed by atoms with Gasteiger partial charge in [-0.25, -0.2) is 9.48 Å². The fourth-order valence-corrected chi connectivity index (χ4v) is 4.34. The largest absolute Gasteiger partial charge is 0.322 e. The van der Waals surface area contributed by atoms with E-state index in [1.54, 1.807) is 28.9 Å². The lowest BCUT2D eigenvalue weighted by atomic mass is 10.1. The second-order valence-corrected chi connectivity index (χ2v) is 9.87. The molecule has 3 amide bonds. The Morgan fingerprint density at radius 2 is 1.69 bits per heavy atom. The number of urea groups is 1. The molecule has 0 fully saturated rings. The summed E-state index contributed by atoms with van der Waals surface area (Å²) in [5, 5.41) is 19.8. The molecule has 0 aliphatic heterocycles. The topological polar surface area (TPSA) is 103 Å². The first-order valence-corrected chi connectivity index (χ1v) is 12.8. The van der Waals surface area contributed by atoms with Crippen LogP contribution < -0.4 is 10.6 Å². The number of carbonyl (C=O) groups is 2. The van der Waals surface area contributed by atoms with Gasteiger partial charge in [0.05, 0.1) is 23.0 Å². The van der Waals surface area contributed by atoms with E-state index in [0.29, 0.717) is 23.6 Å². The van der Waals surface area contributed by atoms with Gasteiger partial charge in [-0.05, 0) is 55.7 Å². The number of aromatic nitrogens is 2. The first-order valence-electron chi connectivity index (χ1n) is 12.8. The van der Waals surface area contributed by atoms with Crippen LogP contribution in [0, 0.1) is 31.1 Å². The van der Waals surface area contributed by atoms with Crippen molar-refractivity contribution in [3.63, 3.8) is 0 Å². The molecule has 8 heteroatoms. The second kappa shape index (κ2) is 12.1. The van der Waals surface area contributed by atoms with Gasteiger partial charge in [0, 0.05) is 17.8 Å². The number of rotatable bonds is 8. The minimum absolute atomic E-state index is 0.134. The molecular weight excluding hydrogens is 488 g/mol. The van der Waals surface area contributed by atoms with E-state index < -0.39 is 6.03 Å². The van der Waals surface area contributed by atoms with Gasteiger partial charge in [0.15, 0.2) is 0 Å². The van der Waals surface area contributed by atoms with Gasteiger partial charge >= 0.3 is 6.03 Å². The summed E-state index contributed by atoms with van der Waals surface area (Å²) in [5.41, 5.74) is 5.38. The van der Waals surface area contributed by atoms with Crippen molar-refractivity contribution in [2.75, 3.05) is 23.7 Å². The molecule has 198 valence electrons. The molecule has 8 nitrogen and oxygen atoms in total. The first-order chi connectivity index (χ1) is 18.7. The molecule has 2 N–H and O–H groups in total. The zero-order chi connectivity index (χ0) is 27.9. The van der Waals surface area contributed by atoms with Gasteiger partial charge in [0.2, 0.25) is 5.91 Å². The maximum Gasteiger partial charge on any atom is 0.322 e. The van der Waals surface area contributed by atoms with Gasteiger partial charge in [-0.2, -0.15) is 10.4 Å². The summed E-state index contributed by atoms with van der Waals surface area (Å²) in [4.78, 5) is 28.1. The van der Waals surface area contributed by atoms with Crippen LogP contribution in [0.25, 0.3) is 16.8 Å². The highest BCUT2D eigenvalue weighted by Gasteiger charge is 2.23. The Morgan fingerprint density at radius 3 is 2.36 bits per heavy atom. The Bertz CT molecular complexity index is 1500. The van der Waals surface area contributed by atoms with Gasteiger partial charge in [0.1, 0.15) is 12.4 Å². The lowest BCUT2D eigenvalue weighted by Gasteiger charge is -2.24. The Kier molecular flexibility index (Phi) is 8.42. The van der Waals surface area contributed by atoms with E-state index in [0.717, 1.165) is 28.1 Å². The van der Waals surface area contributed by atoms with Gasteiger partial charge in [-0.15, -0.1) is 0 Å². The molecular formula is C31H32N6O2. The van der Waals surface area contributed by atoms with Crippen LogP contribution in [0.3, 0.4) is 0 Å². The molecule has 0 saturated heterocycles. The van der Waals surface area contributed by atoms with E-state index in [4.69, 9.17) is 5.10 Å². The summed E-state index contributed by atoms with van der Waals surface area (Å²) in [6.45, 7) is 8.11. The van der Waals surface area contributed by atoms with E-state index >= 15 is 0 Å². The Morgan fingerprint density at radius 1 is 0.974 bits per heavy atom. The normalized spacial score (nSPS) is 10.7. The zero-order valence-corrected chi connectivity index (χ0v) is 22.6. The number of anilines is 2. The zero-order valence-electron chi connectivity index (χ0n) is 22.6. The van der Waals surface area contributed by atoms with Crippen molar-refractivity contribution in [2.45, 2.75) is 27.7 Å². The molecule has 0 spiro atoms. The van der Waals surface area contributed by atoms with E-state index in [1.807, 2.05) is 82.3 Å². The quantitative estimate of drug-likeness (QED) is 0.291. The van der Waals surface area contributed by atoms with Crippen molar-refractivity contribution in [2.24, 2.45) is 5.92 Å². The Labute approximate surface area is 228 Å². The Hall–Kier alpha value is -4.90. The van der Waals surface area contributed by atoms with Crippen molar-refractivity contribution < 1.29 is 9.59 Å². The second-order valence-electron chi connectivity index (χ2n) is 9.87. The molecule has 0 unspecified atom stereocenters. The number of nitrogens with one attached hydrogen (secondary N) is 2. The van der Waals surface area contributed by atoms with Crippen LogP contribution in [0.15, 0.2) is 78.9 Å². The number of nitrogens with zero attached hydrogens (tertiary/aromatic N) is 4. The summed E-state index contributed by atoms with van der Waals surface area (Å²) < 4.78 is 1.73. The summed E-state index contributed by atoms with van der Waals surface area (Å²) in [6.07, 6.45) is 0. The predicted octanol–water partition coefficient (Wildman–Crippen LogP) is 6.16. The smallest absolute Gasteiger partial charge is 0.315 e. The predicted molar refractivity (Wildman–Crippen MR) is 154 cm³/mol. The first kappa shape index (κ1) is 27.1. The number of amides is 3. The van der Waals surface area contributed by atoms with Crippen molar-refractivity contribution in [1.29, 1.82) is 5.26 Å². The van der Waals surface area contributed by atoms with E-state index in [-0.39, 0.29) is 18.4 Å². The summed E-state index contributed by atoms with van der Waals surface area (Å²) in [7, 11) is 0. The van der Waals surface area contributed by atoms with Crippen LogP contribution in [-0.2, 0) is 4.79 Å². The van der Waals surface area contributed by atoms with Crippen molar-refractivity contribution in [1.82, 2.24) is 14.7 Å². The minimum atomic E-state index is -0.416. The molecule has 3 aromatic carbocycles. The molecule has 39 heavy (non-hydrogen) atoms. The number of aryl methyl sites for hydroxylation is 2. The average molecular weight is 521 g/mol. The van der Waals surface area contributed by atoms with Gasteiger partial charge in [0.25, 0.3) is 0 Å². The number of hydrogen-bond acceptors (Lipinski definition) is 4. The van der Waals surface area contributed by atoms with Crippen molar-refractivity contribution in [3.05, 3.63) is 95.7 Å². The number of carbonyl (C=O) groups excluding carboxylic acids is 2. The molecule has 0 radical (unpaired) electrons. The number of hydrogen-bond donors (Lipinski definition) is 2. The van der Waals surface area contributed by atoms with Crippen LogP contribution >= 0.6 is 0 Å². The standard InChI is InChI=1S/C31H32N6O2/c1-21(2)19-36(31(39)33-26-12-8-9-24(17-26)18-32)20-28(38)34-30-29(25-10-6-5-7-11-25)23(4)35-37(30)27-15-13-22(3)14-16-27/h5-17,21H,19-20H2,1-4H3,(H,33,39)(H,34,38). The molecule has 4 rings (SSSR count). The SMILES string of the molecule is Cc1ccc(-n2nc(C)c(-c3ccccc3)c2NC(=O)CN(CC(C)C)C(=O)Nc2cccc(C#N)c2)cc1. The average Bonchev–Trinajstić information content (AvgIpc) is 3.24. The summed E-state index contributed by atoms with van der Waals surface area (Å²) >= 11 is 0. The summed E-state index contributed by atoms with van der Waals surface area (Å²) in [6, 6.07) is 26.0. The van der Waals surface area contributed by atoms with E-state index in [1.165, 1.54) is 4.90 Å². The third-order valence-corrected chi connectivity index (χ3v) is 6.11. The maximum absolute atomic E-state index is 13.5. The van der Waals surface area contributed by atoms with Crippen LogP contribution in [0.5, 0.6) is 0 Å². The molecule has 0 bridgehead atoms. The highest BCUT2D eigenvalue weighted by molar-refractivity contribution is 5.99. The maximum atomic E-state index is 13.5. The molecule has 0 saturated carbocycles. The minimum Gasteiger partial charge on any atom is -0.315 e. The Balaban J connectivity index is 1.63. The summed E-state index contributed by atoms with van der Waals surface area (Å²) in [5.74, 6) is 0.329. The van der Waals surface area contributed by atoms with Gasteiger partial charge in [-0.3, -0.25) is 4.79 Å². The fraction of sp³-hybridized carbons (Fsp3) is 0.226. The van der Waals surface area contributed by atoms with Gasteiger partial charge < -0.3 is 15.5 Å². The lowest BCUT2D eigenvalue weighted by Crippen LogP contribution is -2.42. The van der Waals surface area contributed by atoms with E-state index in [9.17, 15) is 14.9 Å². The monoisotopic (exact) mass is 520 g/mol. The number of benzene rings is 3. The highest BCUT2D eigenvalue weighted by atomic mass is 16.2. The molecule has 1 heterocycles.